The second-order valence-corrected chi connectivity index (χ2v) is 8.65. The maximum atomic E-state index is 6.39. The summed E-state index contributed by atoms with van der Waals surface area (Å²) in [6.45, 7) is 11.7. The van der Waals surface area contributed by atoms with E-state index in [0.29, 0.717) is 0 Å². The molecule has 3 atom stereocenters. The van der Waals surface area contributed by atoms with Crippen LogP contribution in [0.25, 0.3) is 0 Å². The molecule has 0 spiro atoms. The molecule has 3 nitrogen and oxygen atoms in total. The van der Waals surface area contributed by atoms with Crippen LogP contribution in [0, 0.1) is 25.7 Å². The van der Waals surface area contributed by atoms with E-state index in [4.69, 9.17) is 5.73 Å². The Morgan fingerprint density at radius 2 is 1.44 bits per heavy atom. The third-order valence-corrected chi connectivity index (χ3v) is 6.65. The molecule has 0 amide bonds. The van der Waals surface area contributed by atoms with Gasteiger partial charge in [-0.2, -0.15) is 0 Å². The Morgan fingerprint density at radius 1 is 0.852 bits per heavy atom. The summed E-state index contributed by atoms with van der Waals surface area (Å²) < 4.78 is 0. The fourth-order valence-electron chi connectivity index (χ4n) is 5.01. The van der Waals surface area contributed by atoms with Crippen LogP contribution in [0.3, 0.4) is 0 Å². The lowest BCUT2D eigenvalue weighted by atomic mass is 10.0. The van der Waals surface area contributed by atoms with Crippen LogP contribution in [0.15, 0.2) is 48.5 Å². The number of hydrogen-bond acceptors (Lipinski definition) is 3. The van der Waals surface area contributed by atoms with Crippen molar-refractivity contribution >= 4 is 0 Å². The highest BCUT2D eigenvalue weighted by Crippen LogP contribution is 2.33. The van der Waals surface area contributed by atoms with Gasteiger partial charge in [0, 0.05) is 38.8 Å². The fraction of sp³-hybridized carbons (Fsp3) is 0.500. The molecule has 2 fully saturated rings. The van der Waals surface area contributed by atoms with Gasteiger partial charge in [-0.15, -0.1) is 0 Å². The second-order valence-electron chi connectivity index (χ2n) is 8.65. The summed E-state index contributed by atoms with van der Waals surface area (Å²) in [4.78, 5) is 5.33. The first kappa shape index (κ1) is 18.7. The van der Waals surface area contributed by atoms with Crippen LogP contribution in [-0.2, 0) is 6.54 Å². The molecule has 2 heterocycles. The van der Waals surface area contributed by atoms with Crippen LogP contribution in [0.4, 0.5) is 0 Å². The lowest BCUT2D eigenvalue weighted by Crippen LogP contribution is -2.30. The Hall–Kier alpha value is -1.68. The van der Waals surface area contributed by atoms with E-state index in [2.05, 4.69) is 72.2 Å². The molecular weight excluding hydrogens is 330 g/mol. The Labute approximate surface area is 164 Å². The van der Waals surface area contributed by atoms with E-state index < -0.39 is 0 Å². The number of hydrogen-bond donors (Lipinski definition) is 1. The first-order valence-electron chi connectivity index (χ1n) is 10.4. The molecule has 2 aliphatic heterocycles. The molecule has 3 heteroatoms. The summed E-state index contributed by atoms with van der Waals surface area (Å²) in [5.41, 5.74) is 12.0. The Bertz CT molecular complexity index is 723. The molecule has 0 aliphatic carbocycles. The number of aryl methyl sites for hydroxylation is 2. The zero-order valence-corrected chi connectivity index (χ0v) is 16.8. The molecule has 144 valence electrons. The predicted molar refractivity (Wildman–Crippen MR) is 113 cm³/mol. The minimum absolute atomic E-state index is 0.159. The van der Waals surface area contributed by atoms with Crippen LogP contribution in [0.5, 0.6) is 0 Å². The summed E-state index contributed by atoms with van der Waals surface area (Å²) in [6.07, 6.45) is 1.05. The minimum atomic E-state index is 0.159. The quantitative estimate of drug-likeness (QED) is 0.848. The molecule has 0 bridgehead atoms. The van der Waals surface area contributed by atoms with Gasteiger partial charge in [-0.05, 0) is 60.9 Å². The van der Waals surface area contributed by atoms with Crippen LogP contribution < -0.4 is 5.73 Å². The molecule has 2 N–H and O–H groups in total. The number of benzene rings is 2. The monoisotopic (exact) mass is 363 g/mol. The molecule has 2 unspecified atom stereocenters. The highest BCUT2D eigenvalue weighted by atomic mass is 15.2. The largest absolute Gasteiger partial charge is 0.324 e. The summed E-state index contributed by atoms with van der Waals surface area (Å²) >= 11 is 0. The lowest BCUT2D eigenvalue weighted by molar-refractivity contribution is 0.245. The van der Waals surface area contributed by atoms with Gasteiger partial charge in [-0.3, -0.25) is 4.90 Å². The van der Waals surface area contributed by atoms with Crippen molar-refractivity contribution in [3.8, 4) is 0 Å². The van der Waals surface area contributed by atoms with Gasteiger partial charge in [0.05, 0.1) is 0 Å². The highest BCUT2D eigenvalue weighted by Gasteiger charge is 2.39. The van der Waals surface area contributed by atoms with Gasteiger partial charge in [0.15, 0.2) is 0 Å². The van der Waals surface area contributed by atoms with E-state index in [9.17, 15) is 0 Å². The average Bonchev–Trinajstić information content (AvgIpc) is 3.22. The predicted octanol–water partition coefficient (Wildman–Crippen LogP) is 3.76. The summed E-state index contributed by atoms with van der Waals surface area (Å²) in [7, 11) is 0. The van der Waals surface area contributed by atoms with Crippen molar-refractivity contribution in [3.63, 3.8) is 0 Å². The Kier molecular flexibility index (Phi) is 5.63. The third kappa shape index (κ3) is 4.26. The van der Waals surface area contributed by atoms with Crippen molar-refractivity contribution < 1.29 is 0 Å². The number of nitrogens with zero attached hydrogens (tertiary/aromatic N) is 2. The van der Waals surface area contributed by atoms with Crippen molar-refractivity contribution in [2.45, 2.75) is 32.9 Å². The standard InChI is InChI=1S/C24H33N3/c1-18-7-6-8-19(2)23(18)17-27-15-21-13-26(14-22(21)16-27)12-11-24(25)20-9-4-3-5-10-20/h3-10,21-22,24H,11-17,25H2,1-2H3/t21?,22?,24-/m0/s1. The van der Waals surface area contributed by atoms with E-state index in [-0.39, 0.29) is 6.04 Å². The molecule has 0 saturated carbocycles. The van der Waals surface area contributed by atoms with E-state index >= 15 is 0 Å². The molecule has 27 heavy (non-hydrogen) atoms. The van der Waals surface area contributed by atoms with Crippen molar-refractivity contribution in [1.29, 1.82) is 0 Å². The maximum Gasteiger partial charge on any atom is 0.0307 e. The smallest absolute Gasteiger partial charge is 0.0307 e. The van der Waals surface area contributed by atoms with Gasteiger partial charge in [0.1, 0.15) is 0 Å². The third-order valence-electron chi connectivity index (χ3n) is 6.65. The topological polar surface area (TPSA) is 32.5 Å². The minimum Gasteiger partial charge on any atom is -0.324 e. The van der Waals surface area contributed by atoms with Crippen molar-refractivity contribution in [2.75, 3.05) is 32.7 Å². The number of rotatable bonds is 6. The molecule has 2 aromatic carbocycles. The van der Waals surface area contributed by atoms with E-state index in [1.807, 2.05) is 0 Å². The fourth-order valence-corrected chi connectivity index (χ4v) is 5.01. The van der Waals surface area contributed by atoms with Gasteiger partial charge in [0.25, 0.3) is 0 Å². The molecule has 0 radical (unpaired) electrons. The van der Waals surface area contributed by atoms with Gasteiger partial charge < -0.3 is 10.6 Å². The SMILES string of the molecule is Cc1cccc(C)c1CN1CC2CN(CC[C@H](N)c3ccccc3)CC2C1. The van der Waals surface area contributed by atoms with Crippen molar-refractivity contribution in [1.82, 2.24) is 9.80 Å². The first-order valence-corrected chi connectivity index (χ1v) is 10.4. The van der Waals surface area contributed by atoms with Crippen LogP contribution in [0.2, 0.25) is 0 Å². The highest BCUT2D eigenvalue weighted by molar-refractivity contribution is 5.33. The maximum absolute atomic E-state index is 6.39. The molecule has 2 saturated heterocycles. The summed E-state index contributed by atoms with van der Waals surface area (Å²) in [5, 5.41) is 0. The molecule has 2 aromatic rings. The number of likely N-dealkylation sites (tertiary alicyclic amines) is 2. The molecule has 0 aromatic heterocycles. The molecule has 4 rings (SSSR count). The zero-order chi connectivity index (χ0) is 18.8. The summed E-state index contributed by atoms with van der Waals surface area (Å²) in [6, 6.07) is 17.3. The average molecular weight is 364 g/mol. The second kappa shape index (κ2) is 8.14. The van der Waals surface area contributed by atoms with E-state index in [0.717, 1.165) is 31.3 Å². The lowest BCUT2D eigenvalue weighted by Gasteiger charge is -2.23. The van der Waals surface area contributed by atoms with Crippen molar-refractivity contribution in [3.05, 3.63) is 70.8 Å². The number of fused-ring (bicyclic) bond motifs is 1. The molecular formula is C24H33N3. The van der Waals surface area contributed by atoms with Crippen LogP contribution in [-0.4, -0.2) is 42.5 Å². The normalized spacial score (nSPS) is 24.3. The van der Waals surface area contributed by atoms with Crippen LogP contribution in [0.1, 0.15) is 34.7 Å². The molecule has 2 aliphatic rings. The Balaban J connectivity index is 1.26. The van der Waals surface area contributed by atoms with Crippen molar-refractivity contribution in [2.24, 2.45) is 17.6 Å². The van der Waals surface area contributed by atoms with E-state index in [1.54, 1.807) is 0 Å². The van der Waals surface area contributed by atoms with E-state index in [1.165, 1.54) is 48.4 Å². The summed E-state index contributed by atoms with van der Waals surface area (Å²) in [5.74, 6) is 1.67. The number of nitrogens with two attached hydrogens (primary N) is 1. The van der Waals surface area contributed by atoms with Crippen LogP contribution >= 0.6 is 0 Å². The van der Waals surface area contributed by atoms with Gasteiger partial charge in [-0.25, -0.2) is 0 Å². The van der Waals surface area contributed by atoms with Gasteiger partial charge in [0.2, 0.25) is 0 Å². The first-order chi connectivity index (χ1) is 13.1. The Morgan fingerprint density at radius 3 is 2.07 bits per heavy atom. The van der Waals surface area contributed by atoms with Gasteiger partial charge >= 0.3 is 0 Å². The zero-order valence-electron chi connectivity index (χ0n) is 16.8. The van der Waals surface area contributed by atoms with Gasteiger partial charge in [-0.1, -0.05) is 48.5 Å².